The minimum absolute atomic E-state index is 0.141. The Kier molecular flexibility index (Phi) is 2.45. The van der Waals surface area contributed by atoms with Crippen molar-refractivity contribution in [1.82, 2.24) is 0 Å². The molecule has 0 aromatic carbocycles. The Balaban J connectivity index is 2.36. The molecule has 0 spiro atoms. The molecule has 15 heavy (non-hydrogen) atoms. The Bertz CT molecular complexity index is 317. The molecule has 2 aliphatic heterocycles. The summed E-state index contributed by atoms with van der Waals surface area (Å²) >= 11 is 1.43. The molecule has 2 fully saturated rings. The summed E-state index contributed by atoms with van der Waals surface area (Å²) in [4.78, 5) is 23.2. The molecule has 4 nitrogen and oxygen atoms in total. The van der Waals surface area contributed by atoms with E-state index in [1.807, 2.05) is 20.1 Å². The molecule has 1 unspecified atom stereocenters. The van der Waals surface area contributed by atoms with Crippen molar-refractivity contribution in [3.05, 3.63) is 0 Å². The summed E-state index contributed by atoms with van der Waals surface area (Å²) in [5.74, 6) is -0.824. The number of rotatable bonds is 2. The smallest absolute Gasteiger partial charge is 0.348 e. The largest absolute Gasteiger partial charge is 0.459 e. The molecule has 4 atom stereocenters. The standard InChI is InChI=1S/C10H14O4S/c1-4-5-6-7(8(11)13-5)14-9(12)10(6,2)15-3/h5-7H,4H2,1-3H3/t5-,6-,7-,10?/m0/s1. The van der Waals surface area contributed by atoms with Crippen molar-refractivity contribution in [2.24, 2.45) is 5.92 Å². The maximum Gasteiger partial charge on any atom is 0.348 e. The number of carbonyl (C=O) groups is 2. The highest BCUT2D eigenvalue weighted by atomic mass is 32.2. The zero-order valence-corrected chi connectivity index (χ0v) is 9.80. The maximum atomic E-state index is 11.7. The third-order valence-corrected chi connectivity index (χ3v) is 4.62. The summed E-state index contributed by atoms with van der Waals surface area (Å²) in [6, 6.07) is 0. The highest BCUT2D eigenvalue weighted by molar-refractivity contribution is 8.00. The van der Waals surface area contributed by atoms with Gasteiger partial charge in [-0.1, -0.05) is 6.92 Å². The molecule has 5 heteroatoms. The quantitative estimate of drug-likeness (QED) is 0.662. The van der Waals surface area contributed by atoms with Crippen molar-refractivity contribution < 1.29 is 19.1 Å². The fourth-order valence-electron chi connectivity index (χ4n) is 2.32. The van der Waals surface area contributed by atoms with Crippen LogP contribution in [0, 0.1) is 5.92 Å². The van der Waals surface area contributed by atoms with E-state index in [1.54, 1.807) is 0 Å². The van der Waals surface area contributed by atoms with Gasteiger partial charge in [0.2, 0.25) is 6.10 Å². The third-order valence-electron chi connectivity index (χ3n) is 3.33. The van der Waals surface area contributed by atoms with Crippen molar-refractivity contribution in [2.75, 3.05) is 6.26 Å². The van der Waals surface area contributed by atoms with Gasteiger partial charge in [0.1, 0.15) is 10.9 Å². The van der Waals surface area contributed by atoms with Crippen LogP contribution in [0.25, 0.3) is 0 Å². The van der Waals surface area contributed by atoms with Gasteiger partial charge in [0, 0.05) is 0 Å². The molecule has 2 heterocycles. The average molecular weight is 230 g/mol. The fraction of sp³-hybridized carbons (Fsp3) is 0.800. The van der Waals surface area contributed by atoms with Crippen LogP contribution in [0.15, 0.2) is 0 Å². The number of carbonyl (C=O) groups excluding carboxylic acids is 2. The van der Waals surface area contributed by atoms with Crippen LogP contribution in [0.4, 0.5) is 0 Å². The average Bonchev–Trinajstić information content (AvgIpc) is 2.67. The molecule has 2 rings (SSSR count). The van der Waals surface area contributed by atoms with Gasteiger partial charge in [0.05, 0.1) is 5.92 Å². The monoisotopic (exact) mass is 230 g/mol. The van der Waals surface area contributed by atoms with Crippen molar-refractivity contribution in [3.63, 3.8) is 0 Å². The topological polar surface area (TPSA) is 52.6 Å². The number of thioether (sulfide) groups is 1. The molecule has 0 N–H and O–H groups in total. The number of fused-ring (bicyclic) bond motifs is 1. The first-order chi connectivity index (χ1) is 7.04. The molecule has 0 bridgehead atoms. The summed E-state index contributed by atoms with van der Waals surface area (Å²) in [5.41, 5.74) is 0. The van der Waals surface area contributed by atoms with E-state index in [4.69, 9.17) is 9.47 Å². The molecule has 0 amide bonds. The van der Waals surface area contributed by atoms with Crippen molar-refractivity contribution >= 4 is 23.7 Å². The van der Waals surface area contributed by atoms with Gasteiger partial charge in [-0.3, -0.25) is 4.79 Å². The van der Waals surface area contributed by atoms with Crippen LogP contribution in [0.5, 0.6) is 0 Å². The Hall–Kier alpha value is -0.710. The lowest BCUT2D eigenvalue weighted by atomic mass is 9.87. The summed E-state index contributed by atoms with van der Waals surface area (Å²) in [7, 11) is 0. The van der Waals surface area contributed by atoms with Crippen LogP contribution >= 0.6 is 11.8 Å². The number of ether oxygens (including phenoxy) is 2. The van der Waals surface area contributed by atoms with Crippen LogP contribution in [-0.2, 0) is 19.1 Å². The number of hydrogen-bond acceptors (Lipinski definition) is 5. The highest BCUT2D eigenvalue weighted by Crippen LogP contribution is 2.48. The lowest BCUT2D eigenvalue weighted by molar-refractivity contribution is -0.158. The van der Waals surface area contributed by atoms with E-state index < -0.39 is 16.8 Å². The molecule has 0 radical (unpaired) electrons. The number of esters is 2. The minimum Gasteiger partial charge on any atom is -0.459 e. The minimum atomic E-state index is -0.681. The van der Waals surface area contributed by atoms with Crippen molar-refractivity contribution in [2.45, 2.75) is 37.2 Å². The molecule has 2 saturated heterocycles. The van der Waals surface area contributed by atoms with E-state index in [2.05, 4.69) is 0 Å². The van der Waals surface area contributed by atoms with Crippen LogP contribution in [0.3, 0.4) is 0 Å². The Morgan fingerprint density at radius 2 is 2.07 bits per heavy atom. The lowest BCUT2D eigenvalue weighted by Gasteiger charge is -2.26. The Labute approximate surface area is 92.7 Å². The number of cyclic esters (lactones) is 1. The number of hydrogen-bond donors (Lipinski definition) is 0. The molecule has 0 aromatic heterocycles. The Morgan fingerprint density at radius 1 is 1.40 bits per heavy atom. The SMILES string of the molecule is CC[C@@H]1OC(=O)[C@H]2OC(=O)C(C)(SC)[C@@H]12. The van der Waals surface area contributed by atoms with Gasteiger partial charge >= 0.3 is 11.9 Å². The summed E-state index contributed by atoms with van der Waals surface area (Å²) in [6.45, 7) is 3.78. The predicted molar refractivity (Wildman–Crippen MR) is 55.5 cm³/mol. The molecule has 84 valence electrons. The normalized spacial score (nSPS) is 43.8. The molecular formula is C10H14O4S. The van der Waals surface area contributed by atoms with E-state index in [0.717, 1.165) is 6.42 Å². The molecule has 0 aliphatic carbocycles. The van der Waals surface area contributed by atoms with E-state index in [-0.39, 0.29) is 18.0 Å². The Morgan fingerprint density at radius 3 is 2.60 bits per heavy atom. The first-order valence-electron chi connectivity index (χ1n) is 5.01. The van der Waals surface area contributed by atoms with E-state index in [9.17, 15) is 9.59 Å². The maximum absolute atomic E-state index is 11.7. The summed E-state index contributed by atoms with van der Waals surface area (Å²) < 4.78 is 9.65. The van der Waals surface area contributed by atoms with Crippen LogP contribution in [-0.4, -0.2) is 35.1 Å². The summed E-state index contributed by atoms with van der Waals surface area (Å²) in [6.07, 6.45) is 1.71. The van der Waals surface area contributed by atoms with Gasteiger partial charge in [-0.15, -0.1) is 11.8 Å². The van der Waals surface area contributed by atoms with Gasteiger partial charge in [-0.2, -0.15) is 0 Å². The van der Waals surface area contributed by atoms with Gasteiger partial charge in [0.25, 0.3) is 0 Å². The second kappa shape index (κ2) is 3.40. The van der Waals surface area contributed by atoms with Gasteiger partial charge in [0.15, 0.2) is 0 Å². The first kappa shape index (κ1) is 10.8. The second-order valence-corrected chi connectivity index (χ2v) is 5.30. The van der Waals surface area contributed by atoms with Gasteiger partial charge < -0.3 is 9.47 Å². The second-order valence-electron chi connectivity index (χ2n) is 4.05. The van der Waals surface area contributed by atoms with Gasteiger partial charge in [-0.05, 0) is 19.6 Å². The van der Waals surface area contributed by atoms with E-state index in [0.29, 0.717) is 0 Å². The fourth-order valence-corrected chi connectivity index (χ4v) is 3.08. The van der Waals surface area contributed by atoms with E-state index >= 15 is 0 Å². The zero-order chi connectivity index (χ0) is 11.2. The molecular weight excluding hydrogens is 216 g/mol. The highest BCUT2D eigenvalue weighted by Gasteiger charge is 2.64. The molecule has 2 aliphatic rings. The van der Waals surface area contributed by atoms with Crippen molar-refractivity contribution in [1.29, 1.82) is 0 Å². The first-order valence-corrected chi connectivity index (χ1v) is 6.23. The molecule has 0 aromatic rings. The third kappa shape index (κ3) is 1.29. The van der Waals surface area contributed by atoms with Crippen LogP contribution in [0.2, 0.25) is 0 Å². The summed E-state index contributed by atoms with van der Waals surface area (Å²) in [5, 5.41) is 0. The molecule has 0 saturated carbocycles. The predicted octanol–water partition coefficient (Wildman–Crippen LogP) is 0.985. The van der Waals surface area contributed by atoms with E-state index in [1.165, 1.54) is 11.8 Å². The lowest BCUT2D eigenvalue weighted by Crippen LogP contribution is -2.39. The van der Waals surface area contributed by atoms with Crippen molar-refractivity contribution in [3.8, 4) is 0 Å². The zero-order valence-electron chi connectivity index (χ0n) is 8.98. The van der Waals surface area contributed by atoms with Crippen LogP contribution in [0.1, 0.15) is 20.3 Å². The van der Waals surface area contributed by atoms with Gasteiger partial charge in [-0.25, -0.2) is 4.79 Å². The van der Waals surface area contributed by atoms with Crippen LogP contribution < -0.4 is 0 Å².